The lowest BCUT2D eigenvalue weighted by molar-refractivity contribution is -0.126. The Morgan fingerprint density at radius 2 is 1.26 bits per heavy atom. The summed E-state index contributed by atoms with van der Waals surface area (Å²) in [6.07, 6.45) is 0. The summed E-state index contributed by atoms with van der Waals surface area (Å²) in [5.41, 5.74) is 0.0630. The van der Waals surface area contributed by atoms with Crippen LogP contribution in [0.2, 0.25) is 0 Å². The molecule has 0 aliphatic carbocycles. The largest absolute Gasteiger partial charge is 0.377 e. The van der Waals surface area contributed by atoms with Gasteiger partial charge in [-0.3, -0.25) is 9.59 Å². The van der Waals surface area contributed by atoms with E-state index >= 15 is 0 Å². The van der Waals surface area contributed by atoms with Gasteiger partial charge < -0.3 is 29.6 Å². The van der Waals surface area contributed by atoms with Crippen molar-refractivity contribution < 1.29 is 28.5 Å². The summed E-state index contributed by atoms with van der Waals surface area (Å²) in [5.74, 6) is -0.0945. The summed E-state index contributed by atoms with van der Waals surface area (Å²) in [5, 5.41) is 5.60. The minimum atomic E-state index is -0.114. The van der Waals surface area contributed by atoms with Crippen LogP contribution in [0.3, 0.4) is 0 Å². The molecular weight excluding hydrogens is 352 g/mol. The van der Waals surface area contributed by atoms with Gasteiger partial charge in [-0.25, -0.2) is 0 Å². The highest BCUT2D eigenvalue weighted by molar-refractivity contribution is 5.77. The lowest BCUT2D eigenvalue weighted by Crippen LogP contribution is -2.34. The lowest BCUT2D eigenvalue weighted by Gasteiger charge is -2.18. The van der Waals surface area contributed by atoms with E-state index in [0.29, 0.717) is 59.3 Å². The maximum Gasteiger partial charge on any atom is 0.246 e. The first-order valence-electron chi connectivity index (χ1n) is 9.58. The van der Waals surface area contributed by atoms with E-state index in [2.05, 4.69) is 31.4 Å². The van der Waals surface area contributed by atoms with Gasteiger partial charge in [0, 0.05) is 19.0 Å². The van der Waals surface area contributed by atoms with Crippen molar-refractivity contribution in [1.82, 2.24) is 10.6 Å². The van der Waals surface area contributed by atoms with Crippen molar-refractivity contribution in [3.63, 3.8) is 0 Å². The molecule has 8 heteroatoms. The maximum absolute atomic E-state index is 11.5. The van der Waals surface area contributed by atoms with Crippen molar-refractivity contribution in [2.24, 2.45) is 11.3 Å². The number of hydrogen-bond donors (Lipinski definition) is 2. The molecule has 0 aliphatic heterocycles. The normalized spacial score (nSPS) is 11.6. The van der Waals surface area contributed by atoms with Gasteiger partial charge in [0.15, 0.2) is 0 Å². The highest BCUT2D eigenvalue weighted by Crippen LogP contribution is 2.09. The van der Waals surface area contributed by atoms with Gasteiger partial charge in [0.25, 0.3) is 0 Å². The first-order valence-corrected chi connectivity index (χ1v) is 9.58. The van der Waals surface area contributed by atoms with Crippen LogP contribution >= 0.6 is 0 Å². The third-order valence-corrected chi connectivity index (χ3v) is 3.24. The van der Waals surface area contributed by atoms with Crippen LogP contribution in [-0.4, -0.2) is 77.8 Å². The maximum atomic E-state index is 11.5. The minimum absolute atomic E-state index is 0.00986. The third-order valence-electron chi connectivity index (χ3n) is 3.24. The van der Waals surface area contributed by atoms with Gasteiger partial charge in [-0.05, 0) is 5.41 Å². The molecule has 0 aliphatic rings. The highest BCUT2D eigenvalue weighted by atomic mass is 16.6. The minimum Gasteiger partial charge on any atom is -0.377 e. The molecule has 0 radical (unpaired) electrons. The molecule has 160 valence electrons. The quantitative estimate of drug-likeness (QED) is 0.382. The van der Waals surface area contributed by atoms with Crippen molar-refractivity contribution in [3.8, 4) is 0 Å². The number of rotatable bonds is 16. The number of hydrogen-bond acceptors (Lipinski definition) is 6. The first kappa shape index (κ1) is 25.8. The fourth-order valence-electron chi connectivity index (χ4n) is 1.69. The van der Waals surface area contributed by atoms with Gasteiger partial charge in [-0.2, -0.15) is 0 Å². The average molecular weight is 391 g/mol. The number of ether oxygens (including phenoxy) is 4. The fourth-order valence-corrected chi connectivity index (χ4v) is 1.69. The molecule has 0 rings (SSSR count). The van der Waals surface area contributed by atoms with E-state index in [-0.39, 0.29) is 29.8 Å². The van der Waals surface area contributed by atoms with Crippen LogP contribution in [0.25, 0.3) is 0 Å². The Bertz CT molecular complexity index is 396. The van der Waals surface area contributed by atoms with Gasteiger partial charge in [0.05, 0.1) is 46.2 Å². The smallest absolute Gasteiger partial charge is 0.246 e. The molecule has 0 aromatic carbocycles. The van der Waals surface area contributed by atoms with Crippen LogP contribution in [0.1, 0.15) is 34.6 Å². The molecule has 0 saturated heterocycles. The van der Waals surface area contributed by atoms with Crippen LogP contribution in [0.5, 0.6) is 0 Å². The Morgan fingerprint density at radius 3 is 1.74 bits per heavy atom. The Labute approximate surface area is 163 Å². The van der Waals surface area contributed by atoms with Crippen LogP contribution in [0, 0.1) is 11.3 Å². The second kappa shape index (κ2) is 15.8. The zero-order valence-corrected chi connectivity index (χ0v) is 17.6. The summed E-state index contributed by atoms with van der Waals surface area (Å²) in [6, 6.07) is 0. The number of carbonyl (C=O) groups is 2. The Kier molecular flexibility index (Phi) is 15.1. The van der Waals surface area contributed by atoms with Crippen molar-refractivity contribution >= 4 is 11.8 Å². The van der Waals surface area contributed by atoms with Crippen molar-refractivity contribution in [2.75, 3.05) is 65.9 Å². The predicted molar refractivity (Wildman–Crippen MR) is 104 cm³/mol. The van der Waals surface area contributed by atoms with Gasteiger partial charge >= 0.3 is 0 Å². The number of nitrogens with one attached hydrogen (secondary N) is 2. The molecule has 8 nitrogen and oxygen atoms in total. The number of carbonyl (C=O) groups excluding carboxylic acids is 2. The second-order valence-corrected chi connectivity index (χ2v) is 7.67. The Balaban J connectivity index is 3.23. The molecule has 0 heterocycles. The monoisotopic (exact) mass is 390 g/mol. The van der Waals surface area contributed by atoms with Gasteiger partial charge in [-0.1, -0.05) is 34.6 Å². The Morgan fingerprint density at radius 1 is 0.778 bits per heavy atom. The summed E-state index contributed by atoms with van der Waals surface area (Å²) in [7, 11) is 0. The first-order chi connectivity index (χ1) is 12.7. The molecule has 27 heavy (non-hydrogen) atoms. The standard InChI is InChI=1S/C19H38N2O6/c1-16(2)18(23)20-6-7-24-8-9-25-10-11-26-12-13-27-14-17(22)21-15-19(3,4)5/h16H,6-15H2,1-5H3,(H,20,23)(H,21,22). The van der Waals surface area contributed by atoms with Gasteiger partial charge in [0.2, 0.25) is 11.8 Å². The van der Waals surface area contributed by atoms with E-state index in [1.807, 2.05) is 13.8 Å². The highest BCUT2D eigenvalue weighted by Gasteiger charge is 2.11. The van der Waals surface area contributed by atoms with Gasteiger partial charge in [-0.15, -0.1) is 0 Å². The van der Waals surface area contributed by atoms with Crippen LogP contribution in [0.15, 0.2) is 0 Å². The van der Waals surface area contributed by atoms with Crippen molar-refractivity contribution in [3.05, 3.63) is 0 Å². The fraction of sp³-hybridized carbons (Fsp3) is 0.895. The van der Waals surface area contributed by atoms with E-state index in [9.17, 15) is 9.59 Å². The molecule has 0 fully saturated rings. The second-order valence-electron chi connectivity index (χ2n) is 7.67. The molecule has 0 saturated carbocycles. The zero-order valence-electron chi connectivity index (χ0n) is 17.6. The van der Waals surface area contributed by atoms with Crippen molar-refractivity contribution in [2.45, 2.75) is 34.6 Å². The molecule has 0 aromatic rings. The van der Waals surface area contributed by atoms with E-state index in [0.717, 1.165) is 0 Å². The molecule has 2 N–H and O–H groups in total. The molecule has 0 aromatic heterocycles. The molecule has 0 atom stereocenters. The lowest BCUT2D eigenvalue weighted by atomic mass is 9.97. The Hall–Kier alpha value is -1.22. The SMILES string of the molecule is CC(C)C(=O)NCCOCCOCCOCCOCC(=O)NCC(C)(C)C. The average Bonchev–Trinajstić information content (AvgIpc) is 2.59. The molecular formula is C19H38N2O6. The number of amides is 2. The predicted octanol–water partition coefficient (Wildman–Crippen LogP) is 0.987. The van der Waals surface area contributed by atoms with Crippen LogP contribution in [0.4, 0.5) is 0 Å². The molecule has 2 amide bonds. The summed E-state index contributed by atoms with van der Waals surface area (Å²) >= 11 is 0. The molecule has 0 unspecified atom stereocenters. The van der Waals surface area contributed by atoms with E-state index in [1.165, 1.54) is 0 Å². The third kappa shape index (κ3) is 19.3. The van der Waals surface area contributed by atoms with E-state index in [1.54, 1.807) is 0 Å². The molecule has 0 spiro atoms. The van der Waals surface area contributed by atoms with Crippen LogP contribution in [-0.2, 0) is 28.5 Å². The van der Waals surface area contributed by atoms with Crippen molar-refractivity contribution in [1.29, 1.82) is 0 Å². The molecule has 0 bridgehead atoms. The van der Waals surface area contributed by atoms with Crippen LogP contribution < -0.4 is 10.6 Å². The van der Waals surface area contributed by atoms with Gasteiger partial charge in [0.1, 0.15) is 6.61 Å². The topological polar surface area (TPSA) is 95.1 Å². The summed E-state index contributed by atoms with van der Waals surface area (Å²) in [4.78, 5) is 22.8. The van der Waals surface area contributed by atoms with E-state index < -0.39 is 0 Å². The zero-order chi connectivity index (χ0) is 20.5. The summed E-state index contributed by atoms with van der Waals surface area (Å²) in [6.45, 7) is 14.2. The summed E-state index contributed by atoms with van der Waals surface area (Å²) < 4.78 is 21.3. The van der Waals surface area contributed by atoms with E-state index in [4.69, 9.17) is 18.9 Å².